The number of morpholine rings is 1. The first kappa shape index (κ1) is 34.7. The van der Waals surface area contributed by atoms with Crippen LogP contribution in [0.2, 0.25) is 0 Å². The Bertz CT molecular complexity index is 1960. The number of nitrogens with zero attached hydrogens (tertiary/aromatic N) is 4. The van der Waals surface area contributed by atoms with Crippen molar-refractivity contribution in [2.75, 3.05) is 47.5 Å². The van der Waals surface area contributed by atoms with E-state index in [2.05, 4.69) is 21.4 Å². The van der Waals surface area contributed by atoms with Gasteiger partial charge in [-0.1, -0.05) is 25.3 Å². The van der Waals surface area contributed by atoms with Gasteiger partial charge < -0.3 is 23.6 Å². The van der Waals surface area contributed by atoms with Gasteiger partial charge in [-0.25, -0.2) is 9.71 Å². The number of methoxy groups -OCH3 is 1. The molecule has 4 aromatic rings. The van der Waals surface area contributed by atoms with Crippen LogP contribution >= 0.6 is 0 Å². The van der Waals surface area contributed by atoms with Gasteiger partial charge in [0.05, 0.1) is 38.1 Å². The first-order valence-corrected chi connectivity index (χ1v) is 19.1. The van der Waals surface area contributed by atoms with Crippen molar-refractivity contribution in [3.05, 3.63) is 70.9 Å². The molecule has 2 aliphatic heterocycles. The number of ether oxygens (including phenoxy) is 2. The minimum Gasteiger partial charge on any atom is -0.497 e. The molecule has 2 aromatic heterocycles. The Morgan fingerprint density at radius 2 is 1.88 bits per heavy atom. The number of hydrogen-bond donors (Lipinski definition) is 2. The predicted molar refractivity (Wildman–Crippen MR) is 189 cm³/mol. The van der Waals surface area contributed by atoms with Crippen molar-refractivity contribution in [2.45, 2.75) is 76.0 Å². The molecule has 50 heavy (non-hydrogen) atoms. The van der Waals surface area contributed by atoms with Gasteiger partial charge in [-0.05, 0) is 73.1 Å². The zero-order chi connectivity index (χ0) is 35.0. The zero-order valence-corrected chi connectivity index (χ0v) is 29.9. The number of benzene rings is 2. The van der Waals surface area contributed by atoms with Crippen LogP contribution in [0.15, 0.2) is 47.0 Å². The second-order valence-electron chi connectivity index (χ2n) is 13.9. The van der Waals surface area contributed by atoms with Crippen LogP contribution in [0.3, 0.4) is 0 Å². The Morgan fingerprint density at radius 1 is 1.10 bits per heavy atom. The summed E-state index contributed by atoms with van der Waals surface area (Å²) in [6, 6.07) is 11.8. The Morgan fingerprint density at radius 3 is 2.62 bits per heavy atom. The van der Waals surface area contributed by atoms with E-state index < -0.39 is 22.3 Å². The summed E-state index contributed by atoms with van der Waals surface area (Å²) in [5.74, 6) is 1.66. The molecule has 13 heteroatoms. The lowest BCUT2D eigenvalue weighted by Gasteiger charge is -2.30. The average Bonchev–Trinajstić information content (AvgIpc) is 3.68. The van der Waals surface area contributed by atoms with Gasteiger partial charge in [0.15, 0.2) is 5.89 Å². The largest absolute Gasteiger partial charge is 0.497 e. The second-order valence-corrected chi connectivity index (χ2v) is 15.8. The maximum atomic E-state index is 13.3. The van der Waals surface area contributed by atoms with Crippen LogP contribution in [0.4, 0.5) is 0 Å². The van der Waals surface area contributed by atoms with Crippen LogP contribution in [0.1, 0.15) is 83.5 Å². The molecule has 1 saturated carbocycles. The van der Waals surface area contributed by atoms with Crippen molar-refractivity contribution >= 4 is 27.0 Å². The summed E-state index contributed by atoms with van der Waals surface area (Å²) < 4.78 is 48.1. The molecule has 2 fully saturated rings. The van der Waals surface area contributed by atoms with Gasteiger partial charge in [0, 0.05) is 62.2 Å². The highest BCUT2D eigenvalue weighted by molar-refractivity contribution is 7.87. The van der Waals surface area contributed by atoms with Crippen molar-refractivity contribution in [2.24, 2.45) is 0 Å². The number of aliphatic hydroxyl groups excluding tert-OH is 1. The fourth-order valence-electron chi connectivity index (χ4n) is 7.84. The summed E-state index contributed by atoms with van der Waals surface area (Å²) in [6.45, 7) is 3.21. The quantitative estimate of drug-likeness (QED) is 0.238. The van der Waals surface area contributed by atoms with Gasteiger partial charge in [0.1, 0.15) is 17.7 Å². The molecule has 3 aliphatic rings. The summed E-state index contributed by atoms with van der Waals surface area (Å²) in [4.78, 5) is 20.1. The second kappa shape index (κ2) is 14.5. The normalized spacial score (nSPS) is 19.6. The van der Waals surface area contributed by atoms with Crippen molar-refractivity contribution in [1.82, 2.24) is 23.5 Å². The summed E-state index contributed by atoms with van der Waals surface area (Å²) in [5, 5.41) is 11.9. The lowest BCUT2D eigenvalue weighted by molar-refractivity contribution is -0.0617. The molecule has 7 rings (SSSR count). The third-order valence-electron chi connectivity index (χ3n) is 10.6. The minimum atomic E-state index is -3.97. The first-order valence-electron chi connectivity index (χ1n) is 17.7. The molecule has 268 valence electrons. The van der Waals surface area contributed by atoms with Gasteiger partial charge in [-0.2, -0.15) is 12.7 Å². The van der Waals surface area contributed by atoms with E-state index in [-0.39, 0.29) is 11.5 Å². The lowest BCUT2D eigenvalue weighted by atomic mass is 9.81. The van der Waals surface area contributed by atoms with Crippen molar-refractivity contribution in [3.8, 4) is 17.0 Å². The number of carbonyl (C=O) groups is 1. The highest BCUT2D eigenvalue weighted by Crippen LogP contribution is 2.48. The smallest absolute Gasteiger partial charge is 0.303 e. The minimum absolute atomic E-state index is 0.138. The van der Waals surface area contributed by atoms with Crippen LogP contribution in [-0.4, -0.2) is 91.9 Å². The van der Waals surface area contributed by atoms with E-state index in [4.69, 9.17) is 18.9 Å². The van der Waals surface area contributed by atoms with E-state index in [0.29, 0.717) is 63.9 Å². The van der Waals surface area contributed by atoms with Crippen molar-refractivity contribution < 1.29 is 32.2 Å². The number of fused-ring (bicyclic) bond motifs is 5. The van der Waals surface area contributed by atoms with E-state index in [1.165, 1.54) is 26.1 Å². The monoisotopic (exact) mass is 705 g/mol. The summed E-state index contributed by atoms with van der Waals surface area (Å²) >= 11 is 0. The molecule has 1 aliphatic carbocycles. The molecule has 4 heterocycles. The molecule has 2 N–H and O–H groups in total. The van der Waals surface area contributed by atoms with Gasteiger partial charge >= 0.3 is 10.2 Å². The van der Waals surface area contributed by atoms with Crippen molar-refractivity contribution in [3.63, 3.8) is 0 Å². The van der Waals surface area contributed by atoms with Gasteiger partial charge in [-0.15, -0.1) is 0 Å². The Hall–Kier alpha value is -3.75. The number of aromatic nitrogens is 2. The number of oxazole rings is 1. The first-order chi connectivity index (χ1) is 24.1. The van der Waals surface area contributed by atoms with E-state index >= 15 is 0 Å². The number of aryl methyl sites for hydroxylation is 1. The highest BCUT2D eigenvalue weighted by atomic mass is 32.2. The molecule has 1 saturated heterocycles. The van der Waals surface area contributed by atoms with Crippen LogP contribution < -0.4 is 9.46 Å². The molecule has 12 nitrogen and oxygen atoms in total. The fraction of sp³-hybridized carbons (Fsp3) is 0.514. The molecular weight excluding hydrogens is 659 g/mol. The van der Waals surface area contributed by atoms with Crippen LogP contribution in [-0.2, 0) is 34.3 Å². The van der Waals surface area contributed by atoms with E-state index in [1.807, 2.05) is 23.1 Å². The SMILES string of the molecule is COc1ccc2c(c1)C[C@H](c1ncc(CCC(O)N3CCOCC3)o1)Cn1c-2c(C2CCCCC2)c2ccc(C(=O)NS(=O)(=O)N(C)C)cc21. The van der Waals surface area contributed by atoms with Crippen LogP contribution in [0, 0.1) is 0 Å². The number of rotatable bonds is 10. The molecule has 1 amide bonds. The average molecular weight is 706 g/mol. The van der Waals surface area contributed by atoms with Gasteiger partial charge in [0.2, 0.25) is 0 Å². The zero-order valence-electron chi connectivity index (χ0n) is 29.1. The molecule has 0 radical (unpaired) electrons. The van der Waals surface area contributed by atoms with Crippen LogP contribution in [0.25, 0.3) is 22.2 Å². The number of hydrogen-bond acceptors (Lipinski definition) is 9. The Balaban J connectivity index is 1.30. The Kier molecular flexibility index (Phi) is 10.0. The van der Waals surface area contributed by atoms with E-state index in [0.717, 1.165) is 69.2 Å². The molecule has 0 spiro atoms. The number of carbonyl (C=O) groups excluding carboxylic acids is 1. The van der Waals surface area contributed by atoms with Crippen molar-refractivity contribution in [1.29, 1.82) is 0 Å². The summed E-state index contributed by atoms with van der Waals surface area (Å²) in [5.41, 5.74) is 5.81. The number of aliphatic hydroxyl groups is 1. The maximum Gasteiger partial charge on any atom is 0.303 e. The van der Waals surface area contributed by atoms with Gasteiger partial charge in [-0.3, -0.25) is 9.69 Å². The van der Waals surface area contributed by atoms with Crippen LogP contribution in [0.5, 0.6) is 5.75 Å². The third-order valence-corrected chi connectivity index (χ3v) is 12.0. The summed E-state index contributed by atoms with van der Waals surface area (Å²) in [6.07, 6.45) is 8.68. The fourth-order valence-corrected chi connectivity index (χ4v) is 8.37. The molecular formula is C37H47N5O7S. The molecule has 0 bridgehead atoms. The third kappa shape index (κ3) is 6.93. The lowest BCUT2D eigenvalue weighted by Crippen LogP contribution is -2.43. The number of amides is 1. The van der Waals surface area contributed by atoms with E-state index in [1.54, 1.807) is 19.4 Å². The summed E-state index contributed by atoms with van der Waals surface area (Å²) in [7, 11) is 0.474. The highest BCUT2D eigenvalue weighted by Gasteiger charge is 2.33. The van der Waals surface area contributed by atoms with E-state index in [9.17, 15) is 18.3 Å². The molecule has 2 aromatic carbocycles. The Labute approximate surface area is 293 Å². The predicted octanol–water partition coefficient (Wildman–Crippen LogP) is 4.81. The topological polar surface area (TPSA) is 139 Å². The molecule has 1 unspecified atom stereocenters. The number of nitrogens with one attached hydrogen (secondary N) is 1. The standard InChI is InChI=1S/C37H47N5O7S/c1-40(2)50(45,46)39-36(44)25-9-12-31-32(21-25)42-23-27(37-38-22-29(49-37)11-14-33(43)41-15-17-48-18-16-41)19-26-20-28(47-3)10-13-30(26)35(42)34(31)24-7-5-4-6-8-24/h9-10,12-13,20-22,24,27,33,43H,4-8,11,14-19,23H2,1-3H3,(H,39,44)/t27-,33?/m0/s1. The van der Waals surface area contributed by atoms with Gasteiger partial charge in [0.25, 0.3) is 5.91 Å². The maximum absolute atomic E-state index is 13.3. The molecule has 2 atom stereocenters.